The van der Waals surface area contributed by atoms with Crippen LogP contribution in [0.5, 0.6) is 0 Å². The first-order chi connectivity index (χ1) is 42.6. The summed E-state index contributed by atoms with van der Waals surface area (Å²) in [6.45, 7) is 4.82. The highest BCUT2D eigenvalue weighted by Gasteiger charge is 2.25. The molecule has 0 aliphatic carbocycles. The van der Waals surface area contributed by atoms with Crippen LogP contribution in [-0.4, -0.2) is 87.4 Å². The van der Waals surface area contributed by atoms with Gasteiger partial charge in [-0.05, 0) is 77.0 Å². The third kappa shape index (κ3) is 70.3. The third-order valence-electron chi connectivity index (χ3n) is 16.8. The molecule has 0 spiro atoms. The molecular formula is C78H144NO8+. The molecule has 2 unspecified atom stereocenters. The molecule has 9 nitrogen and oxygen atoms in total. The first-order valence-corrected chi connectivity index (χ1v) is 37.5. The van der Waals surface area contributed by atoms with Crippen LogP contribution >= 0.6 is 0 Å². The predicted molar refractivity (Wildman–Crippen MR) is 373 cm³/mol. The maximum atomic E-state index is 12.9. The standard InChI is InChI=1S/C78H143NO8/c1-6-8-10-12-14-16-18-20-22-24-26-28-30-32-33-34-35-36-37-38-39-40-41-42-43-45-46-48-50-52-54-56-58-60-62-64-66-68-75(80)85-72-74(73-86-78(77(82)83)84-71-70-79(3,4)5)87-76(81)69-67-65-63-61-59-57-55-53-51-49-47-44-31-29-27-25-23-21-19-17-15-13-11-9-7-2/h9,11,15,17,21,23-24,26-27,29,74,78H,6-8,10,12-14,16,18-20,22,25,28,30-73H2,1-5H3/p+1/b11-9-,17-15-,23-21-,26-24-,29-27-. The highest BCUT2D eigenvalue weighted by Crippen LogP contribution is 2.19. The Balaban J connectivity index is 3.99. The van der Waals surface area contributed by atoms with E-state index < -0.39 is 24.3 Å². The molecule has 0 radical (unpaired) electrons. The number of carboxylic acid groups (broad SMARTS) is 1. The molecule has 0 aliphatic heterocycles. The summed E-state index contributed by atoms with van der Waals surface area (Å²) in [4.78, 5) is 37.7. The second-order valence-corrected chi connectivity index (χ2v) is 26.6. The Morgan fingerprint density at radius 1 is 0.356 bits per heavy atom. The largest absolute Gasteiger partial charge is 0.477 e. The minimum Gasteiger partial charge on any atom is -0.477 e. The molecule has 0 saturated heterocycles. The van der Waals surface area contributed by atoms with Crippen LogP contribution in [0.4, 0.5) is 0 Å². The van der Waals surface area contributed by atoms with Gasteiger partial charge in [0.25, 0.3) is 6.29 Å². The quantitative estimate of drug-likeness (QED) is 0.0211. The van der Waals surface area contributed by atoms with Crippen molar-refractivity contribution < 1.29 is 42.9 Å². The Hall–Kier alpha value is -3.01. The first kappa shape index (κ1) is 84.0. The maximum Gasteiger partial charge on any atom is 0.361 e. The number of aliphatic carboxylic acids is 1. The van der Waals surface area contributed by atoms with Crippen molar-refractivity contribution in [2.24, 2.45) is 0 Å². The number of nitrogens with zero attached hydrogens (tertiary/aromatic N) is 1. The van der Waals surface area contributed by atoms with Crippen molar-refractivity contribution in [3.8, 4) is 0 Å². The summed E-state index contributed by atoms with van der Waals surface area (Å²) in [5, 5.41) is 9.75. The van der Waals surface area contributed by atoms with Crippen molar-refractivity contribution in [1.82, 2.24) is 0 Å². The average molecular weight is 1220 g/mol. The monoisotopic (exact) mass is 1220 g/mol. The van der Waals surface area contributed by atoms with Gasteiger partial charge in [0.2, 0.25) is 0 Å². The number of quaternary nitrogens is 1. The van der Waals surface area contributed by atoms with E-state index in [0.717, 1.165) is 64.2 Å². The number of likely N-dealkylation sites (N-methyl/N-ethyl adjacent to an activating group) is 1. The second-order valence-electron chi connectivity index (χ2n) is 26.6. The molecule has 0 aromatic rings. The number of rotatable bonds is 70. The normalized spacial score (nSPS) is 13.0. The lowest BCUT2D eigenvalue weighted by Crippen LogP contribution is -2.40. The zero-order chi connectivity index (χ0) is 63.3. The summed E-state index contributed by atoms with van der Waals surface area (Å²) in [6, 6.07) is 0. The average Bonchev–Trinajstić information content (AvgIpc) is 3.59. The molecule has 87 heavy (non-hydrogen) atoms. The number of hydrogen-bond acceptors (Lipinski definition) is 7. The molecule has 0 saturated carbocycles. The summed E-state index contributed by atoms with van der Waals surface area (Å²) < 4.78 is 23.0. The zero-order valence-electron chi connectivity index (χ0n) is 58.2. The molecular weight excluding hydrogens is 1080 g/mol. The van der Waals surface area contributed by atoms with Crippen molar-refractivity contribution in [3.05, 3.63) is 60.8 Å². The molecule has 0 fully saturated rings. The number of carbonyl (C=O) groups excluding carboxylic acids is 2. The smallest absolute Gasteiger partial charge is 0.361 e. The molecule has 0 heterocycles. The highest BCUT2D eigenvalue weighted by molar-refractivity contribution is 5.71. The number of allylic oxidation sites excluding steroid dienone is 10. The van der Waals surface area contributed by atoms with Crippen LogP contribution in [0.15, 0.2) is 60.8 Å². The summed E-state index contributed by atoms with van der Waals surface area (Å²) in [6.07, 6.45) is 87.9. The van der Waals surface area contributed by atoms with Gasteiger partial charge in [-0.3, -0.25) is 9.59 Å². The Labute approximate surface area is 539 Å². The predicted octanol–water partition coefficient (Wildman–Crippen LogP) is 23.5. The van der Waals surface area contributed by atoms with Crippen molar-refractivity contribution in [3.63, 3.8) is 0 Å². The first-order valence-electron chi connectivity index (χ1n) is 37.5. The zero-order valence-corrected chi connectivity index (χ0v) is 58.2. The Bertz CT molecular complexity index is 1610. The highest BCUT2D eigenvalue weighted by atomic mass is 16.7. The van der Waals surface area contributed by atoms with Crippen LogP contribution in [0, 0.1) is 0 Å². The fourth-order valence-electron chi connectivity index (χ4n) is 11.1. The van der Waals surface area contributed by atoms with E-state index in [1.54, 1.807) is 0 Å². The molecule has 2 atom stereocenters. The van der Waals surface area contributed by atoms with Gasteiger partial charge in [0.15, 0.2) is 6.10 Å². The Kier molecular flexibility index (Phi) is 66.5. The third-order valence-corrected chi connectivity index (χ3v) is 16.8. The molecule has 0 aromatic carbocycles. The summed E-state index contributed by atoms with van der Waals surface area (Å²) in [7, 11) is 5.99. The lowest BCUT2D eigenvalue weighted by atomic mass is 10.0. The van der Waals surface area contributed by atoms with Gasteiger partial charge in [0.1, 0.15) is 13.2 Å². The van der Waals surface area contributed by atoms with Gasteiger partial charge in [-0.1, -0.05) is 331 Å². The fourth-order valence-corrected chi connectivity index (χ4v) is 11.1. The topological polar surface area (TPSA) is 108 Å². The van der Waals surface area contributed by atoms with Crippen LogP contribution in [0.25, 0.3) is 0 Å². The van der Waals surface area contributed by atoms with Crippen LogP contribution in [0.2, 0.25) is 0 Å². The molecule has 0 rings (SSSR count). The van der Waals surface area contributed by atoms with E-state index in [2.05, 4.69) is 74.6 Å². The Morgan fingerprint density at radius 3 is 0.989 bits per heavy atom. The Morgan fingerprint density at radius 2 is 0.655 bits per heavy atom. The maximum absolute atomic E-state index is 12.9. The van der Waals surface area contributed by atoms with E-state index in [9.17, 15) is 19.5 Å². The number of esters is 2. The number of hydrogen-bond donors (Lipinski definition) is 1. The number of ether oxygens (including phenoxy) is 4. The van der Waals surface area contributed by atoms with E-state index in [-0.39, 0.29) is 32.2 Å². The molecule has 0 aliphatic rings. The van der Waals surface area contributed by atoms with Crippen LogP contribution in [-0.2, 0) is 33.3 Å². The molecule has 508 valence electrons. The molecule has 1 N–H and O–H groups in total. The van der Waals surface area contributed by atoms with Crippen LogP contribution < -0.4 is 0 Å². The lowest BCUT2D eigenvalue weighted by molar-refractivity contribution is -0.870. The minimum absolute atomic E-state index is 0.180. The van der Waals surface area contributed by atoms with Gasteiger partial charge in [0.05, 0.1) is 34.4 Å². The summed E-state index contributed by atoms with van der Waals surface area (Å²) in [5.41, 5.74) is 0. The van der Waals surface area contributed by atoms with Gasteiger partial charge in [0, 0.05) is 12.8 Å². The van der Waals surface area contributed by atoms with Gasteiger partial charge in [-0.2, -0.15) is 0 Å². The molecule has 0 aromatic heterocycles. The van der Waals surface area contributed by atoms with Crippen LogP contribution in [0.3, 0.4) is 0 Å². The number of carbonyl (C=O) groups is 3. The fraction of sp³-hybridized carbons (Fsp3) is 0.833. The van der Waals surface area contributed by atoms with Gasteiger partial charge in [-0.25, -0.2) is 4.79 Å². The summed E-state index contributed by atoms with van der Waals surface area (Å²) in [5.74, 6) is -1.99. The number of unbranched alkanes of at least 4 members (excludes halogenated alkanes) is 45. The van der Waals surface area contributed by atoms with E-state index in [1.807, 2.05) is 21.1 Å². The lowest BCUT2D eigenvalue weighted by Gasteiger charge is -2.25. The van der Waals surface area contributed by atoms with E-state index in [1.165, 1.54) is 270 Å². The van der Waals surface area contributed by atoms with Crippen LogP contribution in [0.1, 0.15) is 361 Å². The van der Waals surface area contributed by atoms with Crippen molar-refractivity contribution in [2.45, 2.75) is 373 Å². The van der Waals surface area contributed by atoms with Gasteiger partial charge >= 0.3 is 17.9 Å². The molecule has 0 amide bonds. The summed E-state index contributed by atoms with van der Waals surface area (Å²) >= 11 is 0. The van der Waals surface area contributed by atoms with E-state index >= 15 is 0 Å². The van der Waals surface area contributed by atoms with E-state index in [0.29, 0.717) is 17.4 Å². The van der Waals surface area contributed by atoms with Crippen molar-refractivity contribution in [2.75, 3.05) is 47.5 Å². The van der Waals surface area contributed by atoms with Gasteiger partial charge in [-0.15, -0.1) is 0 Å². The minimum atomic E-state index is -1.51. The second kappa shape index (κ2) is 68.9. The van der Waals surface area contributed by atoms with E-state index in [4.69, 9.17) is 18.9 Å². The number of carboxylic acids is 1. The SMILES string of the molecule is CC/C=C\C/C=C\C/C=C\C/C=C\CCCCCCCCCCCCCCC(=O)OC(COC(=O)CCCCCCCCCCCCCCCCCCCCCCCCCCC/C=C\CCCCCCCCCC)COC(OCC[N+](C)(C)C)C(=O)O. The van der Waals surface area contributed by atoms with Gasteiger partial charge < -0.3 is 28.5 Å². The molecule has 9 heteroatoms. The van der Waals surface area contributed by atoms with Crippen molar-refractivity contribution >= 4 is 17.9 Å². The molecule has 0 bridgehead atoms. The van der Waals surface area contributed by atoms with Crippen molar-refractivity contribution in [1.29, 1.82) is 0 Å².